The summed E-state index contributed by atoms with van der Waals surface area (Å²) in [6, 6.07) is 0. The van der Waals surface area contributed by atoms with E-state index in [0.29, 0.717) is 6.42 Å². The second-order valence-corrected chi connectivity index (χ2v) is 10.3. The molecule has 0 rings (SSSR count). The zero-order chi connectivity index (χ0) is 21.7. The molecule has 0 heterocycles. The fourth-order valence-electron chi connectivity index (χ4n) is 3.08. The third-order valence-corrected chi connectivity index (χ3v) is 5.07. The Morgan fingerprint density at radius 3 is 1.07 bits per heavy atom. The summed E-state index contributed by atoms with van der Waals surface area (Å²) in [5.74, 6) is 0. The largest absolute Gasteiger partial charge is 0.396 e. The van der Waals surface area contributed by atoms with Crippen molar-refractivity contribution < 1.29 is 30.0 Å². The van der Waals surface area contributed by atoms with Gasteiger partial charge in [-0.15, -0.1) is 0 Å². The van der Waals surface area contributed by atoms with Crippen LogP contribution in [0.1, 0.15) is 103 Å². The monoisotopic (exact) mass is 444 g/mol. The van der Waals surface area contributed by atoms with Crippen LogP contribution < -0.4 is 0 Å². The van der Waals surface area contributed by atoms with E-state index in [0.717, 1.165) is 12.8 Å². The minimum Gasteiger partial charge on any atom is -0.396 e. The highest BCUT2D eigenvalue weighted by Gasteiger charge is 2.26. The van der Waals surface area contributed by atoms with E-state index in [4.69, 9.17) is 14.7 Å². The van der Waals surface area contributed by atoms with Crippen LogP contribution in [0.2, 0.25) is 0 Å². The number of unbranched alkanes of at least 4 members (excludes halogenated alkanes) is 13. The van der Waals surface area contributed by atoms with Gasteiger partial charge in [0.1, 0.15) is 0 Å². The molecule has 0 fully saturated rings. The molecule has 172 valence electrons. The first-order valence-electron chi connectivity index (χ1n) is 10.9. The first-order chi connectivity index (χ1) is 13.2. The molecule has 0 unspecified atom stereocenters. The lowest BCUT2D eigenvalue weighted by Gasteiger charge is -2.27. The highest BCUT2D eigenvalue weighted by molar-refractivity contribution is 8.06. The van der Waals surface area contributed by atoms with Crippen molar-refractivity contribution in [3.63, 3.8) is 0 Å². The molecule has 0 amide bonds. The lowest BCUT2D eigenvalue weighted by Crippen LogP contribution is -2.33. The van der Waals surface area contributed by atoms with Gasteiger partial charge in [0.25, 0.3) is 0 Å². The molecule has 28 heavy (non-hydrogen) atoms. The van der Waals surface area contributed by atoms with E-state index in [2.05, 4.69) is 18.7 Å². The van der Waals surface area contributed by atoms with E-state index < -0.39 is 12.1 Å². The highest BCUT2D eigenvalue weighted by Crippen LogP contribution is 2.26. The van der Waals surface area contributed by atoms with E-state index >= 15 is 0 Å². The standard InChI is InChI=1S/C20H42O3.H3O3PS/c1-2-3-4-5-6-7-8-9-10-11-12-13-14-15-16-20(17-21,18-22)19-23;1-4(2,3)5/h21-23H,2-19H2,1H3;(H3,1,2,3,5). The van der Waals surface area contributed by atoms with Gasteiger partial charge in [-0.25, -0.2) is 0 Å². The van der Waals surface area contributed by atoms with Gasteiger partial charge in [-0.1, -0.05) is 96.8 Å². The minimum absolute atomic E-state index is 0.127. The lowest BCUT2D eigenvalue weighted by molar-refractivity contribution is -0.00230. The molecule has 6 nitrogen and oxygen atoms in total. The van der Waals surface area contributed by atoms with Gasteiger partial charge in [-0.05, 0) is 18.2 Å². The van der Waals surface area contributed by atoms with E-state index in [9.17, 15) is 15.3 Å². The van der Waals surface area contributed by atoms with E-state index in [1.165, 1.54) is 77.0 Å². The zero-order valence-electron chi connectivity index (χ0n) is 17.8. The number of hydrogen-bond donors (Lipinski definition) is 6. The molecule has 0 aromatic carbocycles. The fraction of sp³-hybridized carbons (Fsp3) is 1.00. The predicted octanol–water partition coefficient (Wildman–Crippen LogP) is 4.01. The first-order valence-corrected chi connectivity index (χ1v) is 13.5. The van der Waals surface area contributed by atoms with Crippen LogP contribution >= 0.6 is 6.72 Å². The molecule has 0 aromatic heterocycles. The molecule has 0 spiro atoms. The average Bonchev–Trinajstić information content (AvgIpc) is 2.64. The summed E-state index contributed by atoms with van der Waals surface area (Å²) in [6.07, 6.45) is 19.3. The lowest BCUT2D eigenvalue weighted by atomic mass is 9.85. The fourth-order valence-corrected chi connectivity index (χ4v) is 3.08. The van der Waals surface area contributed by atoms with Gasteiger partial charge < -0.3 is 30.0 Å². The van der Waals surface area contributed by atoms with Crippen LogP contribution in [0.4, 0.5) is 0 Å². The van der Waals surface area contributed by atoms with Crippen LogP contribution in [-0.4, -0.2) is 49.8 Å². The topological polar surface area (TPSA) is 121 Å². The number of hydrogen-bond acceptors (Lipinski definition) is 4. The SMILES string of the molecule is CCCCCCCCCCCCCCCCC(CO)(CO)CO.OP(O)(O)=S. The number of aliphatic hydroxyl groups excluding tert-OH is 3. The maximum Gasteiger partial charge on any atom is 0.319 e. The van der Waals surface area contributed by atoms with Gasteiger partial charge >= 0.3 is 6.72 Å². The number of aliphatic hydroxyl groups is 3. The van der Waals surface area contributed by atoms with E-state index in [1.807, 2.05) is 0 Å². The molecule has 8 heteroatoms. The third kappa shape index (κ3) is 24.4. The molecule has 0 bridgehead atoms. The Bertz CT molecular complexity index is 344. The summed E-state index contributed by atoms with van der Waals surface area (Å²) in [4.78, 5) is 22.7. The smallest absolute Gasteiger partial charge is 0.319 e. The van der Waals surface area contributed by atoms with Crippen LogP contribution in [0.5, 0.6) is 0 Å². The second kappa shape index (κ2) is 20.7. The summed E-state index contributed by atoms with van der Waals surface area (Å²) < 4.78 is 0. The third-order valence-electron chi connectivity index (χ3n) is 5.07. The molecule has 0 aromatic rings. The Balaban J connectivity index is 0. The summed E-state index contributed by atoms with van der Waals surface area (Å²) in [6.45, 7) is -1.92. The maximum absolute atomic E-state index is 9.26. The van der Waals surface area contributed by atoms with Crippen molar-refractivity contribution in [1.29, 1.82) is 0 Å². The molecule has 0 aliphatic rings. The average molecular weight is 445 g/mol. The second-order valence-electron chi connectivity index (χ2n) is 7.83. The zero-order valence-corrected chi connectivity index (χ0v) is 19.5. The normalized spacial score (nSPS) is 12.0. The van der Waals surface area contributed by atoms with Gasteiger partial charge in [-0.2, -0.15) is 0 Å². The Morgan fingerprint density at radius 2 is 0.821 bits per heavy atom. The molecule has 0 atom stereocenters. The van der Waals surface area contributed by atoms with Crippen LogP contribution in [0.3, 0.4) is 0 Å². The van der Waals surface area contributed by atoms with Crippen LogP contribution in [0, 0.1) is 5.41 Å². The van der Waals surface area contributed by atoms with Crippen LogP contribution in [0.15, 0.2) is 0 Å². The van der Waals surface area contributed by atoms with Crippen molar-refractivity contribution >= 4 is 18.5 Å². The molecule has 0 radical (unpaired) electrons. The predicted molar refractivity (Wildman–Crippen MR) is 120 cm³/mol. The van der Waals surface area contributed by atoms with Crippen LogP contribution in [0.25, 0.3) is 0 Å². The summed E-state index contributed by atoms with van der Waals surface area (Å²) >= 11 is 3.60. The molecule has 6 N–H and O–H groups in total. The molecular weight excluding hydrogens is 399 g/mol. The van der Waals surface area contributed by atoms with Crippen LogP contribution in [-0.2, 0) is 11.8 Å². The van der Waals surface area contributed by atoms with E-state index in [-0.39, 0.29) is 19.8 Å². The number of rotatable bonds is 18. The quantitative estimate of drug-likeness (QED) is 0.140. The molecule has 0 saturated heterocycles. The van der Waals surface area contributed by atoms with E-state index in [1.54, 1.807) is 0 Å². The van der Waals surface area contributed by atoms with Gasteiger partial charge in [0.05, 0.1) is 19.8 Å². The van der Waals surface area contributed by atoms with Gasteiger partial charge in [0, 0.05) is 5.41 Å². The summed E-state index contributed by atoms with van der Waals surface area (Å²) in [7, 11) is 0. The molecular formula is C20H45O6PS. The van der Waals surface area contributed by atoms with Crippen molar-refractivity contribution in [3.8, 4) is 0 Å². The Hall–Kier alpha value is 0.410. The van der Waals surface area contributed by atoms with Crippen molar-refractivity contribution in [2.45, 2.75) is 103 Å². The van der Waals surface area contributed by atoms with Crippen molar-refractivity contribution in [1.82, 2.24) is 0 Å². The Kier molecular flexibility index (Phi) is 22.6. The Morgan fingerprint density at radius 1 is 0.571 bits per heavy atom. The van der Waals surface area contributed by atoms with Gasteiger partial charge in [0.15, 0.2) is 0 Å². The Labute approximate surface area is 177 Å². The maximum atomic E-state index is 9.26. The molecule has 0 aliphatic heterocycles. The highest BCUT2D eigenvalue weighted by atomic mass is 32.5. The molecule has 0 aliphatic carbocycles. The first kappa shape index (κ1) is 30.6. The van der Waals surface area contributed by atoms with Gasteiger partial charge in [0.2, 0.25) is 0 Å². The van der Waals surface area contributed by atoms with Crippen molar-refractivity contribution in [2.24, 2.45) is 5.41 Å². The summed E-state index contributed by atoms with van der Waals surface area (Å²) in [5.41, 5.74) is -0.670. The summed E-state index contributed by atoms with van der Waals surface area (Å²) in [5, 5.41) is 27.8. The van der Waals surface area contributed by atoms with Crippen molar-refractivity contribution in [2.75, 3.05) is 19.8 Å². The minimum atomic E-state index is -3.81. The van der Waals surface area contributed by atoms with Gasteiger partial charge in [-0.3, -0.25) is 0 Å². The van der Waals surface area contributed by atoms with Crippen molar-refractivity contribution in [3.05, 3.63) is 0 Å². The molecule has 0 saturated carbocycles.